The van der Waals surface area contributed by atoms with E-state index < -0.39 is 0 Å². The number of hydrogen-bond acceptors (Lipinski definition) is 2. The minimum absolute atomic E-state index is 0.142. The lowest BCUT2D eigenvalue weighted by Gasteiger charge is -2.32. The van der Waals surface area contributed by atoms with Crippen LogP contribution in [0.3, 0.4) is 0 Å². The summed E-state index contributed by atoms with van der Waals surface area (Å²) in [5, 5.41) is 3.07. The van der Waals surface area contributed by atoms with E-state index in [1.807, 2.05) is 12.1 Å². The number of rotatable bonds is 6. The molecule has 1 saturated heterocycles. The van der Waals surface area contributed by atoms with E-state index in [9.17, 15) is 9.18 Å². The molecule has 2 aliphatic rings. The standard InChI is InChI=1S/C24H29FN2O/c25-22-9-6-18(7-10-22)17-19-12-15-27(16-13-19)14-2-5-20-3-1-4-21-8-11-23(28)26-24(20)21/h1,3-4,6-7,9-10,19H,2,5,8,11-17H2,(H,26,28). The van der Waals surface area contributed by atoms with Crippen molar-refractivity contribution in [3.05, 3.63) is 65.0 Å². The normalized spacial score (nSPS) is 18.0. The number of piperidine rings is 1. The van der Waals surface area contributed by atoms with Crippen LogP contribution in [-0.2, 0) is 24.1 Å². The lowest BCUT2D eigenvalue weighted by atomic mass is 9.90. The number of fused-ring (bicyclic) bond motifs is 1. The molecule has 0 spiro atoms. The number of carbonyl (C=O) groups excluding carboxylic acids is 1. The molecule has 3 nitrogen and oxygen atoms in total. The fourth-order valence-electron chi connectivity index (χ4n) is 4.54. The van der Waals surface area contributed by atoms with E-state index in [1.54, 1.807) is 12.1 Å². The second-order valence-corrected chi connectivity index (χ2v) is 8.22. The maximum atomic E-state index is 13.0. The number of nitrogens with one attached hydrogen (secondary N) is 1. The summed E-state index contributed by atoms with van der Waals surface area (Å²) in [5.74, 6) is 0.694. The summed E-state index contributed by atoms with van der Waals surface area (Å²) in [6.45, 7) is 3.41. The predicted molar refractivity (Wildman–Crippen MR) is 111 cm³/mol. The third-order valence-electron chi connectivity index (χ3n) is 6.19. The molecule has 28 heavy (non-hydrogen) atoms. The van der Waals surface area contributed by atoms with Crippen molar-refractivity contribution >= 4 is 11.6 Å². The zero-order valence-corrected chi connectivity index (χ0v) is 16.4. The van der Waals surface area contributed by atoms with Gasteiger partial charge < -0.3 is 10.2 Å². The first-order chi connectivity index (χ1) is 13.7. The van der Waals surface area contributed by atoms with Gasteiger partial charge in [0.25, 0.3) is 0 Å². The van der Waals surface area contributed by atoms with Crippen LogP contribution in [0.15, 0.2) is 42.5 Å². The predicted octanol–water partition coefficient (Wildman–Crippen LogP) is 4.60. The van der Waals surface area contributed by atoms with Gasteiger partial charge in [0.15, 0.2) is 0 Å². The Balaban J connectivity index is 1.22. The highest BCUT2D eigenvalue weighted by molar-refractivity contribution is 5.94. The molecule has 1 N–H and O–H groups in total. The van der Waals surface area contributed by atoms with Crippen LogP contribution >= 0.6 is 0 Å². The number of benzene rings is 2. The number of anilines is 1. The van der Waals surface area contributed by atoms with Gasteiger partial charge in [-0.15, -0.1) is 0 Å². The highest BCUT2D eigenvalue weighted by Gasteiger charge is 2.20. The molecule has 2 aromatic carbocycles. The van der Waals surface area contributed by atoms with Gasteiger partial charge in [0.05, 0.1) is 0 Å². The van der Waals surface area contributed by atoms with Crippen LogP contribution < -0.4 is 5.32 Å². The van der Waals surface area contributed by atoms with E-state index in [4.69, 9.17) is 0 Å². The number of hydrogen-bond donors (Lipinski definition) is 1. The third-order valence-corrected chi connectivity index (χ3v) is 6.19. The largest absolute Gasteiger partial charge is 0.326 e. The van der Waals surface area contributed by atoms with E-state index >= 15 is 0 Å². The Kier molecular flexibility index (Phi) is 6.06. The Morgan fingerprint density at radius 3 is 2.61 bits per heavy atom. The van der Waals surface area contributed by atoms with Gasteiger partial charge in [-0.2, -0.15) is 0 Å². The van der Waals surface area contributed by atoms with Crippen LogP contribution in [0, 0.1) is 11.7 Å². The maximum absolute atomic E-state index is 13.0. The van der Waals surface area contributed by atoms with Gasteiger partial charge >= 0.3 is 0 Å². The molecule has 1 fully saturated rings. The third kappa shape index (κ3) is 4.79. The quantitative estimate of drug-likeness (QED) is 0.794. The molecular formula is C24H29FN2O. The molecule has 0 unspecified atom stereocenters. The number of likely N-dealkylation sites (tertiary alicyclic amines) is 1. The van der Waals surface area contributed by atoms with Crippen LogP contribution in [0.5, 0.6) is 0 Å². The van der Waals surface area contributed by atoms with Gasteiger partial charge in [-0.3, -0.25) is 4.79 Å². The van der Waals surface area contributed by atoms with E-state index in [0.29, 0.717) is 12.3 Å². The number of amides is 1. The molecule has 2 heterocycles. The number of halogens is 1. The van der Waals surface area contributed by atoms with Gasteiger partial charge in [0, 0.05) is 12.1 Å². The molecule has 148 valence electrons. The monoisotopic (exact) mass is 380 g/mol. The van der Waals surface area contributed by atoms with Crippen molar-refractivity contribution in [1.82, 2.24) is 4.90 Å². The van der Waals surface area contributed by atoms with Crippen molar-refractivity contribution in [1.29, 1.82) is 0 Å². The zero-order chi connectivity index (χ0) is 19.3. The highest BCUT2D eigenvalue weighted by atomic mass is 19.1. The molecule has 0 bridgehead atoms. The fraction of sp³-hybridized carbons (Fsp3) is 0.458. The van der Waals surface area contributed by atoms with Crippen molar-refractivity contribution in [2.45, 2.75) is 44.9 Å². The van der Waals surface area contributed by atoms with Gasteiger partial charge in [-0.1, -0.05) is 30.3 Å². The van der Waals surface area contributed by atoms with E-state index in [-0.39, 0.29) is 11.7 Å². The molecule has 4 rings (SSSR count). The van der Waals surface area contributed by atoms with Crippen LogP contribution in [0.25, 0.3) is 0 Å². The smallest absolute Gasteiger partial charge is 0.224 e. The van der Waals surface area contributed by atoms with Crippen LogP contribution in [0.2, 0.25) is 0 Å². The van der Waals surface area contributed by atoms with Crippen molar-refractivity contribution in [3.63, 3.8) is 0 Å². The molecule has 0 atom stereocenters. The Bertz CT molecular complexity index is 810. The molecule has 0 radical (unpaired) electrons. The SMILES string of the molecule is O=C1CCc2cccc(CCCN3CCC(Cc4ccc(F)cc4)CC3)c2N1. The van der Waals surface area contributed by atoms with E-state index in [1.165, 1.54) is 29.5 Å². The minimum atomic E-state index is -0.155. The van der Waals surface area contributed by atoms with E-state index in [2.05, 4.69) is 28.4 Å². The molecule has 1 amide bonds. The van der Waals surface area contributed by atoms with Crippen molar-refractivity contribution in [2.75, 3.05) is 25.0 Å². The molecule has 2 aliphatic heterocycles. The molecule has 0 saturated carbocycles. The molecular weight excluding hydrogens is 351 g/mol. The molecule has 0 aliphatic carbocycles. The van der Waals surface area contributed by atoms with Gasteiger partial charge in [-0.25, -0.2) is 4.39 Å². The maximum Gasteiger partial charge on any atom is 0.224 e. The average molecular weight is 381 g/mol. The van der Waals surface area contributed by atoms with Gasteiger partial charge in [0.2, 0.25) is 5.91 Å². The lowest BCUT2D eigenvalue weighted by molar-refractivity contribution is -0.116. The highest BCUT2D eigenvalue weighted by Crippen LogP contribution is 2.28. The number of aryl methyl sites for hydroxylation is 2. The minimum Gasteiger partial charge on any atom is -0.326 e. The first-order valence-corrected chi connectivity index (χ1v) is 10.5. The molecule has 2 aromatic rings. The first kappa shape index (κ1) is 19.1. The Morgan fingerprint density at radius 2 is 1.82 bits per heavy atom. The van der Waals surface area contributed by atoms with Crippen LogP contribution in [-0.4, -0.2) is 30.4 Å². The summed E-state index contributed by atoms with van der Waals surface area (Å²) < 4.78 is 13.0. The zero-order valence-electron chi connectivity index (χ0n) is 16.4. The summed E-state index contributed by atoms with van der Waals surface area (Å²) in [7, 11) is 0. The van der Waals surface area contributed by atoms with Crippen molar-refractivity contribution in [3.8, 4) is 0 Å². The fourth-order valence-corrected chi connectivity index (χ4v) is 4.54. The van der Waals surface area contributed by atoms with Gasteiger partial charge in [-0.05, 0) is 92.9 Å². The van der Waals surface area contributed by atoms with Crippen molar-refractivity contribution in [2.24, 2.45) is 5.92 Å². The number of nitrogens with zero attached hydrogens (tertiary/aromatic N) is 1. The second kappa shape index (κ2) is 8.87. The number of para-hydroxylation sites is 1. The van der Waals surface area contributed by atoms with Crippen LogP contribution in [0.1, 0.15) is 42.4 Å². The van der Waals surface area contributed by atoms with Gasteiger partial charge in [0.1, 0.15) is 5.82 Å². The average Bonchev–Trinajstić information content (AvgIpc) is 2.71. The summed E-state index contributed by atoms with van der Waals surface area (Å²) in [6, 6.07) is 13.4. The summed E-state index contributed by atoms with van der Waals surface area (Å²) in [6.07, 6.45) is 7.08. The summed E-state index contributed by atoms with van der Waals surface area (Å²) in [5.41, 5.74) is 4.86. The van der Waals surface area contributed by atoms with Crippen molar-refractivity contribution < 1.29 is 9.18 Å². The summed E-state index contributed by atoms with van der Waals surface area (Å²) in [4.78, 5) is 14.3. The van der Waals surface area contributed by atoms with E-state index in [0.717, 1.165) is 51.0 Å². The topological polar surface area (TPSA) is 32.3 Å². The molecule has 4 heteroatoms. The lowest BCUT2D eigenvalue weighted by Crippen LogP contribution is -2.35. The first-order valence-electron chi connectivity index (χ1n) is 10.5. The Hall–Kier alpha value is -2.20. The Labute approximate surface area is 166 Å². The van der Waals surface area contributed by atoms with Crippen LogP contribution in [0.4, 0.5) is 10.1 Å². The molecule has 0 aromatic heterocycles. The number of carbonyl (C=O) groups is 1. The second-order valence-electron chi connectivity index (χ2n) is 8.22. The summed E-state index contributed by atoms with van der Waals surface area (Å²) >= 11 is 0. The Morgan fingerprint density at radius 1 is 1.04 bits per heavy atom.